The minimum atomic E-state index is -0.575. The first-order valence-electron chi connectivity index (χ1n) is 11.5. The summed E-state index contributed by atoms with van der Waals surface area (Å²) in [5.74, 6) is -0.111. The number of unbranched alkanes of at least 4 members (excludes halogenated alkanes) is 7. The van der Waals surface area contributed by atoms with Gasteiger partial charge in [0.05, 0.1) is 27.7 Å². The number of rotatable bonds is 15. The van der Waals surface area contributed by atoms with Crippen molar-refractivity contribution < 1.29 is 18.8 Å². The molecule has 0 bridgehead atoms. The molecular formula is C23H48N3O3+. The van der Waals surface area contributed by atoms with Gasteiger partial charge in [0, 0.05) is 13.0 Å². The van der Waals surface area contributed by atoms with Crippen molar-refractivity contribution in [3.8, 4) is 0 Å². The molecular weight excluding hydrogens is 366 g/mol. The summed E-state index contributed by atoms with van der Waals surface area (Å²) in [5, 5.41) is 5.75. The zero-order chi connectivity index (χ0) is 22.3. The molecule has 0 aromatic carbocycles. The highest BCUT2D eigenvalue weighted by atomic mass is 16.6. The van der Waals surface area contributed by atoms with Crippen molar-refractivity contribution in [2.45, 2.75) is 104 Å². The van der Waals surface area contributed by atoms with Crippen molar-refractivity contribution >= 4 is 12.0 Å². The Morgan fingerprint density at radius 3 is 1.97 bits per heavy atom. The molecule has 6 nitrogen and oxygen atoms in total. The summed E-state index contributed by atoms with van der Waals surface area (Å²) in [7, 11) is 6.41. The van der Waals surface area contributed by atoms with E-state index >= 15 is 0 Å². The molecule has 1 atom stereocenters. The van der Waals surface area contributed by atoms with Crippen LogP contribution in [0.4, 0.5) is 4.79 Å². The monoisotopic (exact) mass is 414 g/mol. The Morgan fingerprint density at radius 1 is 0.897 bits per heavy atom. The van der Waals surface area contributed by atoms with E-state index in [4.69, 9.17) is 4.74 Å². The third-order valence-corrected chi connectivity index (χ3v) is 4.66. The summed E-state index contributed by atoms with van der Waals surface area (Å²) < 4.78 is 6.21. The highest BCUT2D eigenvalue weighted by Crippen LogP contribution is 2.12. The van der Waals surface area contributed by atoms with Crippen molar-refractivity contribution in [2.75, 3.05) is 34.2 Å². The molecule has 0 aromatic heterocycles. The lowest BCUT2D eigenvalue weighted by molar-refractivity contribution is -0.870. The average molecular weight is 415 g/mol. The molecule has 0 rings (SSSR count). The summed E-state index contributed by atoms with van der Waals surface area (Å²) in [4.78, 5) is 24.8. The number of carbonyl (C=O) groups is 2. The van der Waals surface area contributed by atoms with E-state index in [1.165, 1.54) is 38.5 Å². The van der Waals surface area contributed by atoms with Gasteiger partial charge < -0.3 is 19.9 Å². The normalized spacial score (nSPS) is 13.1. The van der Waals surface area contributed by atoms with Gasteiger partial charge in [-0.2, -0.15) is 0 Å². The third-order valence-electron chi connectivity index (χ3n) is 4.66. The summed E-state index contributed by atoms with van der Waals surface area (Å²) in [6.45, 7) is 9.31. The van der Waals surface area contributed by atoms with Gasteiger partial charge in [0.2, 0.25) is 5.91 Å². The third kappa shape index (κ3) is 18.5. The van der Waals surface area contributed by atoms with E-state index in [1.807, 2.05) is 20.8 Å². The van der Waals surface area contributed by atoms with Crippen LogP contribution in [0.25, 0.3) is 0 Å². The molecule has 1 unspecified atom stereocenters. The van der Waals surface area contributed by atoms with Crippen LogP contribution in [0.5, 0.6) is 0 Å². The van der Waals surface area contributed by atoms with Gasteiger partial charge in [0.1, 0.15) is 11.6 Å². The maximum atomic E-state index is 12.6. The highest BCUT2D eigenvalue weighted by Gasteiger charge is 2.24. The van der Waals surface area contributed by atoms with Crippen LogP contribution in [0.3, 0.4) is 0 Å². The maximum absolute atomic E-state index is 12.6. The molecule has 6 heteroatoms. The Kier molecular flexibility index (Phi) is 14.0. The largest absolute Gasteiger partial charge is 0.444 e. The predicted octanol–water partition coefficient (Wildman–Crippen LogP) is 4.62. The number of hydrogen-bond acceptors (Lipinski definition) is 3. The molecule has 172 valence electrons. The minimum Gasteiger partial charge on any atom is -0.444 e. The molecule has 0 aliphatic carbocycles. The van der Waals surface area contributed by atoms with Gasteiger partial charge in [-0.1, -0.05) is 58.3 Å². The fourth-order valence-corrected chi connectivity index (χ4v) is 3.09. The first-order chi connectivity index (χ1) is 13.4. The van der Waals surface area contributed by atoms with E-state index in [2.05, 4.69) is 38.7 Å². The molecule has 0 aromatic rings. The molecule has 2 amide bonds. The first kappa shape index (κ1) is 27.7. The maximum Gasteiger partial charge on any atom is 0.408 e. The lowest BCUT2D eigenvalue weighted by atomic mass is 10.0. The molecule has 0 spiro atoms. The van der Waals surface area contributed by atoms with E-state index in [-0.39, 0.29) is 5.91 Å². The number of alkyl carbamates (subject to hydrolysis) is 1. The van der Waals surface area contributed by atoms with Crippen LogP contribution in [0, 0.1) is 0 Å². The summed E-state index contributed by atoms with van der Waals surface area (Å²) in [6, 6.07) is -0.533. The summed E-state index contributed by atoms with van der Waals surface area (Å²) >= 11 is 0. The van der Waals surface area contributed by atoms with Gasteiger partial charge in [0.15, 0.2) is 0 Å². The minimum absolute atomic E-state index is 0.111. The van der Waals surface area contributed by atoms with Crippen molar-refractivity contribution in [2.24, 2.45) is 0 Å². The highest BCUT2D eigenvalue weighted by molar-refractivity contribution is 5.85. The molecule has 0 heterocycles. The van der Waals surface area contributed by atoms with Gasteiger partial charge in [-0.3, -0.25) is 4.79 Å². The van der Waals surface area contributed by atoms with Crippen molar-refractivity contribution in [3.05, 3.63) is 0 Å². The van der Waals surface area contributed by atoms with Crippen LogP contribution in [0.1, 0.15) is 91.9 Å². The van der Waals surface area contributed by atoms with Crippen LogP contribution < -0.4 is 10.6 Å². The number of amides is 2. The number of hydrogen-bond donors (Lipinski definition) is 2. The number of nitrogens with zero attached hydrogens (tertiary/aromatic N) is 1. The number of nitrogens with one attached hydrogen (secondary N) is 2. The van der Waals surface area contributed by atoms with Crippen LogP contribution in [-0.4, -0.2) is 62.4 Å². The second-order valence-electron chi connectivity index (χ2n) is 10.1. The van der Waals surface area contributed by atoms with Gasteiger partial charge >= 0.3 is 6.09 Å². The molecule has 0 aliphatic heterocycles. The van der Waals surface area contributed by atoms with E-state index in [0.29, 0.717) is 13.0 Å². The summed E-state index contributed by atoms with van der Waals surface area (Å²) in [5.41, 5.74) is -0.575. The van der Waals surface area contributed by atoms with Gasteiger partial charge in [-0.15, -0.1) is 0 Å². The lowest BCUT2D eigenvalue weighted by Crippen LogP contribution is -2.48. The van der Waals surface area contributed by atoms with Crippen LogP contribution >= 0.6 is 0 Å². The van der Waals surface area contributed by atoms with Gasteiger partial charge in [-0.05, 0) is 27.2 Å². The molecule has 0 saturated heterocycles. The molecule has 29 heavy (non-hydrogen) atoms. The standard InChI is InChI=1S/C23H47N3O3/c1-8-9-10-11-12-13-14-15-17-20(25-22(28)29-23(2,3)4)21(27)24-18-16-19-26(5,6)7/h20H,8-19H2,1-7H3,(H-,24,25,27,28)/p+1. The SMILES string of the molecule is CCCCCCCCCCC(NC(=O)OC(C)(C)C)C(=O)NCCC[N+](C)(C)C. The van der Waals surface area contributed by atoms with Crippen LogP contribution in [0.2, 0.25) is 0 Å². The molecule has 0 fully saturated rings. The van der Waals surface area contributed by atoms with Crippen molar-refractivity contribution in [1.29, 1.82) is 0 Å². The molecule has 0 radical (unpaired) electrons. The second-order valence-corrected chi connectivity index (χ2v) is 10.1. The Bertz CT molecular complexity index is 453. The van der Waals surface area contributed by atoms with E-state index in [1.54, 1.807) is 0 Å². The molecule has 0 aliphatic rings. The van der Waals surface area contributed by atoms with Gasteiger partial charge in [0.25, 0.3) is 0 Å². The summed E-state index contributed by atoms with van der Waals surface area (Å²) in [6.07, 6.45) is 10.7. The first-order valence-corrected chi connectivity index (χ1v) is 11.5. The Labute approximate surface area is 179 Å². The van der Waals surface area contributed by atoms with E-state index in [0.717, 1.165) is 30.3 Å². The van der Waals surface area contributed by atoms with E-state index < -0.39 is 17.7 Å². The zero-order valence-electron chi connectivity index (χ0n) is 20.2. The number of quaternary nitrogens is 1. The Balaban J connectivity index is 4.41. The topological polar surface area (TPSA) is 67.4 Å². The smallest absolute Gasteiger partial charge is 0.408 e. The fourth-order valence-electron chi connectivity index (χ4n) is 3.09. The van der Waals surface area contributed by atoms with Crippen LogP contribution in [-0.2, 0) is 9.53 Å². The average Bonchev–Trinajstić information content (AvgIpc) is 2.57. The second kappa shape index (κ2) is 14.6. The molecule has 2 N–H and O–H groups in total. The number of ether oxygens (including phenoxy) is 1. The van der Waals surface area contributed by atoms with Crippen molar-refractivity contribution in [1.82, 2.24) is 10.6 Å². The van der Waals surface area contributed by atoms with Gasteiger partial charge in [-0.25, -0.2) is 4.79 Å². The quantitative estimate of drug-likeness (QED) is 0.303. The Hall–Kier alpha value is -1.30. The zero-order valence-corrected chi connectivity index (χ0v) is 20.2. The van der Waals surface area contributed by atoms with E-state index in [9.17, 15) is 9.59 Å². The predicted molar refractivity (Wildman–Crippen MR) is 121 cm³/mol. The molecule has 0 saturated carbocycles. The lowest BCUT2D eigenvalue weighted by Gasteiger charge is -2.25. The van der Waals surface area contributed by atoms with Crippen molar-refractivity contribution in [3.63, 3.8) is 0 Å². The Morgan fingerprint density at radius 2 is 1.45 bits per heavy atom. The fraction of sp³-hybridized carbons (Fsp3) is 0.913. The number of carbonyl (C=O) groups excluding carboxylic acids is 2. The van der Waals surface area contributed by atoms with Crippen LogP contribution in [0.15, 0.2) is 0 Å².